The second-order valence-corrected chi connectivity index (χ2v) is 7.55. The van der Waals surface area contributed by atoms with E-state index < -0.39 is 0 Å². The SMILES string of the molecule is COC1CC(NCCC2CC3CCC(C2)N3)C1(C)C. The quantitative estimate of drug-likeness (QED) is 0.801. The van der Waals surface area contributed by atoms with E-state index in [1.165, 1.54) is 45.1 Å². The van der Waals surface area contributed by atoms with Crippen LogP contribution in [0.2, 0.25) is 0 Å². The topological polar surface area (TPSA) is 33.3 Å². The van der Waals surface area contributed by atoms with Gasteiger partial charge in [-0.2, -0.15) is 0 Å². The summed E-state index contributed by atoms with van der Waals surface area (Å²) >= 11 is 0. The van der Waals surface area contributed by atoms with Gasteiger partial charge in [-0.05, 0) is 51.0 Å². The van der Waals surface area contributed by atoms with Crippen LogP contribution in [0.4, 0.5) is 0 Å². The molecule has 0 radical (unpaired) electrons. The number of hydrogen-bond acceptors (Lipinski definition) is 3. The molecule has 2 N–H and O–H groups in total. The van der Waals surface area contributed by atoms with Gasteiger partial charge in [-0.1, -0.05) is 13.8 Å². The van der Waals surface area contributed by atoms with E-state index in [1.54, 1.807) is 0 Å². The highest BCUT2D eigenvalue weighted by Gasteiger charge is 2.48. The lowest BCUT2D eigenvalue weighted by molar-refractivity contribution is -0.0975. The molecule has 2 aliphatic heterocycles. The highest BCUT2D eigenvalue weighted by atomic mass is 16.5. The number of ether oxygens (including phenoxy) is 1. The zero-order valence-electron chi connectivity index (χ0n) is 12.7. The fraction of sp³-hybridized carbons (Fsp3) is 1.00. The van der Waals surface area contributed by atoms with Gasteiger partial charge in [-0.25, -0.2) is 0 Å². The van der Waals surface area contributed by atoms with Crippen LogP contribution in [0.15, 0.2) is 0 Å². The molecule has 0 aromatic carbocycles. The molecule has 3 aliphatic rings. The lowest BCUT2D eigenvalue weighted by Gasteiger charge is -2.51. The van der Waals surface area contributed by atoms with Gasteiger partial charge in [0.1, 0.15) is 0 Å². The van der Waals surface area contributed by atoms with E-state index in [2.05, 4.69) is 24.5 Å². The number of fused-ring (bicyclic) bond motifs is 2. The Bertz CT molecular complexity index is 306. The predicted octanol–water partition coefficient (Wildman–Crippen LogP) is 2.31. The molecule has 0 aromatic rings. The largest absolute Gasteiger partial charge is 0.381 e. The van der Waals surface area contributed by atoms with Crippen LogP contribution >= 0.6 is 0 Å². The average molecular weight is 266 g/mol. The maximum absolute atomic E-state index is 5.52. The molecule has 3 rings (SSSR count). The molecule has 3 nitrogen and oxygen atoms in total. The van der Waals surface area contributed by atoms with Gasteiger partial charge >= 0.3 is 0 Å². The minimum absolute atomic E-state index is 0.307. The summed E-state index contributed by atoms with van der Waals surface area (Å²) in [6.07, 6.45) is 8.64. The van der Waals surface area contributed by atoms with E-state index in [0.29, 0.717) is 17.6 Å². The normalized spacial score (nSPS) is 44.1. The van der Waals surface area contributed by atoms with Crippen molar-refractivity contribution in [1.82, 2.24) is 10.6 Å². The molecule has 3 heteroatoms. The summed E-state index contributed by atoms with van der Waals surface area (Å²) in [7, 11) is 1.84. The van der Waals surface area contributed by atoms with Gasteiger partial charge in [0, 0.05) is 30.7 Å². The van der Waals surface area contributed by atoms with E-state index >= 15 is 0 Å². The van der Waals surface area contributed by atoms with Crippen molar-refractivity contribution in [3.63, 3.8) is 0 Å². The third-order valence-corrected chi connectivity index (χ3v) is 5.98. The minimum atomic E-state index is 0.307. The molecule has 3 fully saturated rings. The van der Waals surface area contributed by atoms with Crippen LogP contribution in [-0.2, 0) is 4.74 Å². The van der Waals surface area contributed by atoms with Crippen LogP contribution in [0.5, 0.6) is 0 Å². The zero-order chi connectivity index (χ0) is 13.5. The lowest BCUT2D eigenvalue weighted by atomic mass is 9.64. The Morgan fingerprint density at radius 3 is 2.42 bits per heavy atom. The van der Waals surface area contributed by atoms with Gasteiger partial charge in [-0.15, -0.1) is 0 Å². The van der Waals surface area contributed by atoms with Crippen LogP contribution in [0, 0.1) is 11.3 Å². The smallest absolute Gasteiger partial charge is 0.0652 e. The van der Waals surface area contributed by atoms with Crippen molar-refractivity contribution in [3.8, 4) is 0 Å². The Morgan fingerprint density at radius 2 is 1.84 bits per heavy atom. The van der Waals surface area contributed by atoms with Crippen LogP contribution in [0.3, 0.4) is 0 Å². The monoisotopic (exact) mass is 266 g/mol. The van der Waals surface area contributed by atoms with E-state index in [-0.39, 0.29) is 0 Å². The Hall–Kier alpha value is -0.120. The van der Waals surface area contributed by atoms with Gasteiger partial charge in [0.2, 0.25) is 0 Å². The Morgan fingerprint density at radius 1 is 1.16 bits per heavy atom. The Balaban J connectivity index is 1.38. The summed E-state index contributed by atoms with van der Waals surface area (Å²) in [6, 6.07) is 2.32. The third-order valence-electron chi connectivity index (χ3n) is 5.98. The molecule has 2 heterocycles. The molecule has 2 saturated heterocycles. The van der Waals surface area contributed by atoms with Crippen molar-refractivity contribution in [3.05, 3.63) is 0 Å². The van der Waals surface area contributed by atoms with Crippen LogP contribution in [0.1, 0.15) is 52.4 Å². The zero-order valence-corrected chi connectivity index (χ0v) is 12.7. The number of hydrogen-bond donors (Lipinski definition) is 2. The van der Waals surface area contributed by atoms with Gasteiger partial charge in [0.05, 0.1) is 6.10 Å². The maximum Gasteiger partial charge on any atom is 0.0652 e. The number of rotatable bonds is 5. The maximum atomic E-state index is 5.52. The van der Waals surface area contributed by atoms with E-state index in [0.717, 1.165) is 18.0 Å². The molecule has 0 aromatic heterocycles. The molecule has 19 heavy (non-hydrogen) atoms. The minimum Gasteiger partial charge on any atom is -0.381 e. The number of piperidine rings is 1. The van der Waals surface area contributed by atoms with Gasteiger partial charge < -0.3 is 15.4 Å². The molecule has 110 valence electrons. The van der Waals surface area contributed by atoms with Gasteiger partial charge in [-0.3, -0.25) is 0 Å². The van der Waals surface area contributed by atoms with Crippen LogP contribution < -0.4 is 10.6 Å². The van der Waals surface area contributed by atoms with E-state index in [4.69, 9.17) is 4.74 Å². The highest BCUT2D eigenvalue weighted by Crippen LogP contribution is 2.42. The summed E-state index contributed by atoms with van der Waals surface area (Å²) < 4.78 is 5.52. The fourth-order valence-corrected chi connectivity index (χ4v) is 4.50. The molecule has 1 saturated carbocycles. The Labute approximate surface area is 117 Å². The van der Waals surface area contributed by atoms with Crippen molar-refractivity contribution in [1.29, 1.82) is 0 Å². The number of nitrogens with one attached hydrogen (secondary N) is 2. The van der Waals surface area contributed by atoms with Crippen LogP contribution in [0.25, 0.3) is 0 Å². The molecule has 2 bridgehead atoms. The van der Waals surface area contributed by atoms with Crippen molar-refractivity contribution >= 4 is 0 Å². The van der Waals surface area contributed by atoms with E-state index in [9.17, 15) is 0 Å². The van der Waals surface area contributed by atoms with Crippen molar-refractivity contribution in [2.24, 2.45) is 11.3 Å². The molecule has 4 unspecified atom stereocenters. The van der Waals surface area contributed by atoms with Crippen molar-refractivity contribution < 1.29 is 4.74 Å². The summed E-state index contributed by atoms with van der Waals surface area (Å²) in [5, 5.41) is 7.50. The first-order valence-corrected chi connectivity index (χ1v) is 8.12. The molecular formula is C16H30N2O. The van der Waals surface area contributed by atoms with Crippen molar-refractivity contribution in [2.75, 3.05) is 13.7 Å². The van der Waals surface area contributed by atoms with E-state index in [1.807, 2.05) is 7.11 Å². The van der Waals surface area contributed by atoms with Crippen molar-refractivity contribution in [2.45, 2.75) is 76.6 Å². The Kier molecular flexibility index (Phi) is 3.89. The highest BCUT2D eigenvalue weighted by molar-refractivity contribution is 5.02. The van der Waals surface area contributed by atoms with Crippen LogP contribution in [-0.4, -0.2) is 37.9 Å². The molecule has 4 atom stereocenters. The first-order chi connectivity index (χ1) is 9.09. The standard InChI is InChI=1S/C16H30N2O/c1-16(2)14(10-15(16)19-3)17-7-6-11-8-12-4-5-13(9-11)18-12/h11-15,17-18H,4-10H2,1-3H3. The lowest BCUT2D eigenvalue weighted by Crippen LogP contribution is -2.60. The summed E-state index contributed by atoms with van der Waals surface area (Å²) in [5.41, 5.74) is 0.307. The predicted molar refractivity (Wildman–Crippen MR) is 78.3 cm³/mol. The van der Waals surface area contributed by atoms with Gasteiger partial charge in [0.15, 0.2) is 0 Å². The second kappa shape index (κ2) is 5.34. The summed E-state index contributed by atoms with van der Waals surface area (Å²) in [6.45, 7) is 5.84. The second-order valence-electron chi connectivity index (χ2n) is 7.55. The third kappa shape index (κ3) is 2.70. The molecular weight excluding hydrogens is 236 g/mol. The average Bonchev–Trinajstić information content (AvgIpc) is 2.72. The summed E-state index contributed by atoms with van der Waals surface area (Å²) in [4.78, 5) is 0. The molecule has 1 aliphatic carbocycles. The molecule has 0 amide bonds. The first kappa shape index (κ1) is 13.8. The molecule has 0 spiro atoms. The first-order valence-electron chi connectivity index (χ1n) is 8.12. The number of methoxy groups -OCH3 is 1. The fourth-order valence-electron chi connectivity index (χ4n) is 4.50. The summed E-state index contributed by atoms with van der Waals surface area (Å²) in [5.74, 6) is 0.952. The van der Waals surface area contributed by atoms with Gasteiger partial charge in [0.25, 0.3) is 0 Å².